The summed E-state index contributed by atoms with van der Waals surface area (Å²) in [6.07, 6.45) is 2.82. The summed E-state index contributed by atoms with van der Waals surface area (Å²) < 4.78 is 40.4. The van der Waals surface area contributed by atoms with E-state index in [0.29, 0.717) is 17.2 Å². The number of para-hydroxylation sites is 1. The minimum absolute atomic E-state index is 0.159. The lowest BCUT2D eigenvalue weighted by atomic mass is 10.0. The Morgan fingerprint density at radius 3 is 1.93 bits per heavy atom. The number of hydrogen-bond donors (Lipinski definition) is 1. The Morgan fingerprint density at radius 1 is 0.733 bits per heavy atom. The summed E-state index contributed by atoms with van der Waals surface area (Å²) in [5.41, 5.74) is 3.56. The predicted octanol–water partition coefficient (Wildman–Crippen LogP) is 8.28. The van der Waals surface area contributed by atoms with E-state index in [1.807, 2.05) is 106 Å². The van der Waals surface area contributed by atoms with Crippen LogP contribution in [0.1, 0.15) is 31.9 Å². The number of carbonyl (C=O) groups excluding carboxylic acids is 1. The molecule has 0 aliphatic rings. The zero-order valence-corrected chi connectivity index (χ0v) is 26.2. The highest BCUT2D eigenvalue weighted by atomic mass is 32.2. The molecular weight excluding hydrogens is 586 g/mol. The molecule has 0 saturated carbocycles. The van der Waals surface area contributed by atoms with Crippen LogP contribution in [0, 0.1) is 0 Å². The molecule has 1 amide bonds. The molecule has 230 valence electrons. The normalized spacial score (nSPS) is 11.6. The van der Waals surface area contributed by atoms with Gasteiger partial charge in [-0.15, -0.1) is 0 Å². The van der Waals surface area contributed by atoms with Crippen molar-refractivity contribution in [3.8, 4) is 22.6 Å². The van der Waals surface area contributed by atoms with Gasteiger partial charge in [0.2, 0.25) is 10.0 Å². The van der Waals surface area contributed by atoms with Crippen molar-refractivity contribution < 1.29 is 22.7 Å². The van der Waals surface area contributed by atoms with Gasteiger partial charge in [-0.2, -0.15) is 4.31 Å². The van der Waals surface area contributed by atoms with E-state index in [1.54, 1.807) is 42.7 Å². The van der Waals surface area contributed by atoms with E-state index in [9.17, 15) is 13.2 Å². The van der Waals surface area contributed by atoms with Gasteiger partial charge in [-0.05, 0) is 97.6 Å². The monoisotopic (exact) mass is 621 g/mol. The van der Waals surface area contributed by atoms with Crippen LogP contribution in [-0.2, 0) is 27.8 Å². The molecule has 5 aromatic rings. The zero-order chi connectivity index (χ0) is 31.9. The van der Waals surface area contributed by atoms with Gasteiger partial charge in [-0.1, -0.05) is 60.7 Å². The van der Waals surface area contributed by atoms with E-state index in [-0.39, 0.29) is 18.0 Å². The Hall–Kier alpha value is -4.99. The highest BCUT2D eigenvalue weighted by Crippen LogP contribution is 2.27. The molecule has 8 nitrogen and oxygen atoms in total. The quantitative estimate of drug-likeness (QED) is 0.169. The average molecular weight is 622 g/mol. The molecule has 0 bridgehead atoms. The summed E-state index contributed by atoms with van der Waals surface area (Å²) in [5.74, 6) is 1.21. The van der Waals surface area contributed by atoms with Crippen LogP contribution in [0.25, 0.3) is 11.1 Å². The fourth-order valence-electron chi connectivity index (χ4n) is 4.55. The fraction of sp³-hybridized carbons (Fsp3) is 0.167. The molecule has 1 N–H and O–H groups in total. The topological polar surface area (TPSA) is 97.8 Å². The van der Waals surface area contributed by atoms with Gasteiger partial charge in [0.05, 0.1) is 4.90 Å². The first-order valence-electron chi connectivity index (χ1n) is 14.5. The summed E-state index contributed by atoms with van der Waals surface area (Å²) in [6, 6.07) is 34.6. The van der Waals surface area contributed by atoms with Crippen LogP contribution in [-0.4, -0.2) is 29.4 Å². The second-order valence-corrected chi connectivity index (χ2v) is 13.4. The summed E-state index contributed by atoms with van der Waals surface area (Å²) in [5, 5.41) is 2.73. The van der Waals surface area contributed by atoms with Gasteiger partial charge in [0.25, 0.3) is 0 Å². The first-order valence-corrected chi connectivity index (χ1v) is 15.9. The highest BCUT2D eigenvalue weighted by molar-refractivity contribution is 7.89. The van der Waals surface area contributed by atoms with E-state index < -0.39 is 21.7 Å². The van der Waals surface area contributed by atoms with Crippen molar-refractivity contribution in [2.45, 2.75) is 44.4 Å². The number of ether oxygens (including phenoxy) is 2. The zero-order valence-electron chi connectivity index (χ0n) is 25.4. The minimum Gasteiger partial charge on any atom is -0.457 e. The number of benzene rings is 4. The maximum Gasteiger partial charge on any atom is 0.412 e. The molecule has 0 atom stereocenters. The number of rotatable bonds is 10. The van der Waals surface area contributed by atoms with E-state index >= 15 is 0 Å². The lowest BCUT2D eigenvalue weighted by Crippen LogP contribution is -2.30. The fourth-order valence-corrected chi connectivity index (χ4v) is 5.96. The Labute approximate surface area is 264 Å². The van der Waals surface area contributed by atoms with Gasteiger partial charge < -0.3 is 9.47 Å². The molecule has 0 aliphatic carbocycles. The maximum absolute atomic E-state index is 13.9. The largest absolute Gasteiger partial charge is 0.457 e. The number of aromatic nitrogens is 1. The number of anilines is 1. The molecule has 0 aliphatic heterocycles. The van der Waals surface area contributed by atoms with Crippen LogP contribution in [0.5, 0.6) is 11.5 Å². The first kappa shape index (κ1) is 31.4. The van der Waals surface area contributed by atoms with Crippen LogP contribution in [0.15, 0.2) is 133 Å². The van der Waals surface area contributed by atoms with Gasteiger partial charge in [0, 0.05) is 31.2 Å². The van der Waals surface area contributed by atoms with Gasteiger partial charge in [0.1, 0.15) is 17.1 Å². The molecule has 1 heterocycles. The van der Waals surface area contributed by atoms with E-state index in [2.05, 4.69) is 10.3 Å². The molecule has 0 fully saturated rings. The second kappa shape index (κ2) is 13.8. The van der Waals surface area contributed by atoms with Gasteiger partial charge in [-0.3, -0.25) is 10.3 Å². The van der Waals surface area contributed by atoms with E-state index in [4.69, 9.17) is 9.47 Å². The SMILES string of the molecule is CC(C)(C)OC(=O)Nc1ccc(-c2ccc(CN(Cc3cccnc3)S(=O)(=O)c3ccc(Oc4ccccc4)cc3)cc2)cc1. The summed E-state index contributed by atoms with van der Waals surface area (Å²) in [7, 11) is -3.87. The lowest BCUT2D eigenvalue weighted by Gasteiger charge is -2.23. The average Bonchev–Trinajstić information content (AvgIpc) is 3.02. The molecule has 4 aromatic carbocycles. The van der Waals surface area contributed by atoms with Crippen molar-refractivity contribution in [3.63, 3.8) is 0 Å². The molecule has 0 saturated heterocycles. The first-order chi connectivity index (χ1) is 21.5. The van der Waals surface area contributed by atoms with E-state index in [1.165, 1.54) is 4.31 Å². The Kier molecular flexibility index (Phi) is 9.61. The Balaban J connectivity index is 1.31. The third-order valence-corrected chi connectivity index (χ3v) is 8.50. The molecule has 5 rings (SSSR count). The molecule has 0 unspecified atom stereocenters. The number of nitrogens with one attached hydrogen (secondary N) is 1. The molecule has 1 aromatic heterocycles. The van der Waals surface area contributed by atoms with Crippen LogP contribution in [0.4, 0.5) is 10.5 Å². The Bertz CT molecular complexity index is 1810. The molecule has 9 heteroatoms. The smallest absolute Gasteiger partial charge is 0.412 e. The van der Waals surface area contributed by atoms with Crippen LogP contribution in [0.3, 0.4) is 0 Å². The van der Waals surface area contributed by atoms with Crippen LogP contribution in [0.2, 0.25) is 0 Å². The predicted molar refractivity (Wildman–Crippen MR) is 175 cm³/mol. The van der Waals surface area contributed by atoms with Crippen molar-refractivity contribution in [2.24, 2.45) is 0 Å². The van der Waals surface area contributed by atoms with Gasteiger partial charge >= 0.3 is 6.09 Å². The number of hydrogen-bond acceptors (Lipinski definition) is 6. The maximum atomic E-state index is 13.9. The summed E-state index contributed by atoms with van der Waals surface area (Å²) >= 11 is 0. The van der Waals surface area contributed by atoms with Crippen LogP contribution < -0.4 is 10.1 Å². The van der Waals surface area contributed by atoms with Crippen molar-refractivity contribution >= 4 is 21.8 Å². The number of nitrogens with zero attached hydrogens (tertiary/aromatic N) is 2. The highest BCUT2D eigenvalue weighted by Gasteiger charge is 2.25. The molecule has 45 heavy (non-hydrogen) atoms. The minimum atomic E-state index is -3.87. The summed E-state index contributed by atoms with van der Waals surface area (Å²) in [4.78, 5) is 16.4. The number of carbonyl (C=O) groups is 1. The number of amides is 1. The number of pyridine rings is 1. The van der Waals surface area contributed by atoms with Crippen molar-refractivity contribution in [3.05, 3.63) is 139 Å². The van der Waals surface area contributed by atoms with Gasteiger partial charge in [-0.25, -0.2) is 13.2 Å². The Morgan fingerprint density at radius 2 is 1.33 bits per heavy atom. The molecule has 0 radical (unpaired) electrons. The third kappa shape index (κ3) is 8.78. The molecule has 0 spiro atoms. The summed E-state index contributed by atoms with van der Waals surface area (Å²) in [6.45, 7) is 5.76. The van der Waals surface area contributed by atoms with Gasteiger partial charge in [0.15, 0.2) is 0 Å². The van der Waals surface area contributed by atoms with Crippen molar-refractivity contribution in [1.29, 1.82) is 0 Å². The van der Waals surface area contributed by atoms with Crippen molar-refractivity contribution in [2.75, 3.05) is 5.32 Å². The van der Waals surface area contributed by atoms with Crippen molar-refractivity contribution in [1.82, 2.24) is 9.29 Å². The second-order valence-electron chi connectivity index (χ2n) is 11.4. The lowest BCUT2D eigenvalue weighted by molar-refractivity contribution is 0.0636. The third-order valence-electron chi connectivity index (χ3n) is 6.70. The standard InChI is InChI=1S/C36H35N3O5S/c1-36(2,3)44-35(40)38-31-17-15-30(16-18-31)29-13-11-27(12-14-29)25-39(26-28-8-7-23-37-24-28)45(41,42)34-21-19-33(20-22-34)43-32-9-5-4-6-10-32/h4-24H,25-26H2,1-3H3,(H,38,40). The molecular formula is C36H35N3O5S. The number of sulfonamides is 1. The van der Waals surface area contributed by atoms with E-state index in [0.717, 1.165) is 22.3 Å². The van der Waals surface area contributed by atoms with Crippen LogP contribution >= 0.6 is 0 Å².